The highest BCUT2D eigenvalue weighted by atomic mass is 16.2. The maximum atomic E-state index is 11.6. The maximum Gasteiger partial charge on any atom is 0.287 e. The predicted molar refractivity (Wildman–Crippen MR) is 58.7 cm³/mol. The lowest BCUT2D eigenvalue weighted by Gasteiger charge is -2.09. The number of amides is 1. The quantitative estimate of drug-likeness (QED) is 0.701. The van der Waals surface area contributed by atoms with E-state index >= 15 is 0 Å². The molecule has 1 amide bonds. The lowest BCUT2D eigenvalue weighted by molar-refractivity contribution is 0.0939. The van der Waals surface area contributed by atoms with Crippen LogP contribution in [0, 0.1) is 0 Å². The summed E-state index contributed by atoms with van der Waals surface area (Å²) in [6, 6.07) is 0. The summed E-state index contributed by atoms with van der Waals surface area (Å²) >= 11 is 0. The second kappa shape index (κ2) is 5.50. The monoisotopic (exact) mass is 210 g/mol. The van der Waals surface area contributed by atoms with Crippen LogP contribution in [0.2, 0.25) is 0 Å². The maximum absolute atomic E-state index is 11.6. The van der Waals surface area contributed by atoms with E-state index in [9.17, 15) is 4.79 Å². The largest absolute Gasteiger partial charge is 0.349 e. The van der Waals surface area contributed by atoms with Gasteiger partial charge < -0.3 is 14.8 Å². The van der Waals surface area contributed by atoms with Crippen molar-refractivity contribution in [2.45, 2.75) is 6.42 Å². The Kier molecular flexibility index (Phi) is 4.30. The molecule has 5 nitrogen and oxygen atoms in total. The van der Waals surface area contributed by atoms with Crippen LogP contribution >= 0.6 is 0 Å². The first-order valence-corrected chi connectivity index (χ1v) is 5.01. The molecule has 1 rings (SSSR count). The van der Waals surface area contributed by atoms with E-state index in [4.69, 9.17) is 0 Å². The van der Waals surface area contributed by atoms with Crippen LogP contribution < -0.4 is 5.32 Å². The highest BCUT2D eigenvalue weighted by molar-refractivity contribution is 5.90. The SMILES string of the molecule is CN(C)CCCNC(=O)c1nccn1C. The number of rotatable bonds is 5. The summed E-state index contributed by atoms with van der Waals surface area (Å²) in [5, 5.41) is 2.83. The third-order valence-corrected chi connectivity index (χ3v) is 2.09. The van der Waals surface area contributed by atoms with E-state index < -0.39 is 0 Å². The van der Waals surface area contributed by atoms with Gasteiger partial charge in [0.05, 0.1) is 0 Å². The first-order chi connectivity index (χ1) is 7.11. The molecule has 1 heterocycles. The molecule has 0 radical (unpaired) electrons. The molecular formula is C10H18N4O. The first kappa shape index (κ1) is 11.7. The second-order valence-corrected chi connectivity index (χ2v) is 3.77. The molecule has 5 heteroatoms. The van der Waals surface area contributed by atoms with E-state index in [1.807, 2.05) is 21.1 Å². The van der Waals surface area contributed by atoms with Crippen LogP contribution in [0.5, 0.6) is 0 Å². The molecular weight excluding hydrogens is 192 g/mol. The van der Waals surface area contributed by atoms with E-state index in [0.717, 1.165) is 13.0 Å². The summed E-state index contributed by atoms with van der Waals surface area (Å²) in [5.41, 5.74) is 0. The Balaban J connectivity index is 2.28. The van der Waals surface area contributed by atoms with Crippen molar-refractivity contribution in [2.75, 3.05) is 27.2 Å². The summed E-state index contributed by atoms with van der Waals surface area (Å²) in [6.07, 6.45) is 4.33. The van der Waals surface area contributed by atoms with E-state index in [-0.39, 0.29) is 5.91 Å². The topological polar surface area (TPSA) is 50.2 Å². The van der Waals surface area contributed by atoms with Crippen molar-refractivity contribution in [3.63, 3.8) is 0 Å². The van der Waals surface area contributed by atoms with Gasteiger partial charge >= 0.3 is 0 Å². The zero-order chi connectivity index (χ0) is 11.3. The van der Waals surface area contributed by atoms with Crippen molar-refractivity contribution in [1.29, 1.82) is 0 Å². The molecule has 0 aliphatic rings. The average Bonchev–Trinajstić information content (AvgIpc) is 2.58. The number of aromatic nitrogens is 2. The number of carbonyl (C=O) groups excluding carboxylic acids is 1. The minimum atomic E-state index is -0.110. The fourth-order valence-electron chi connectivity index (χ4n) is 1.26. The third kappa shape index (κ3) is 3.71. The van der Waals surface area contributed by atoms with Gasteiger partial charge in [-0.1, -0.05) is 0 Å². The molecule has 0 saturated heterocycles. The minimum absolute atomic E-state index is 0.110. The molecule has 0 unspecified atom stereocenters. The average molecular weight is 210 g/mol. The van der Waals surface area contributed by atoms with Gasteiger partial charge in [0.1, 0.15) is 0 Å². The first-order valence-electron chi connectivity index (χ1n) is 5.01. The van der Waals surface area contributed by atoms with Crippen molar-refractivity contribution >= 4 is 5.91 Å². The summed E-state index contributed by atoms with van der Waals surface area (Å²) in [4.78, 5) is 17.6. The molecule has 1 aromatic heterocycles. The number of hydrogen-bond acceptors (Lipinski definition) is 3. The fraction of sp³-hybridized carbons (Fsp3) is 0.600. The van der Waals surface area contributed by atoms with Crippen molar-refractivity contribution in [1.82, 2.24) is 19.8 Å². The molecule has 0 aliphatic heterocycles. The molecule has 0 fully saturated rings. The lowest BCUT2D eigenvalue weighted by Crippen LogP contribution is -2.29. The molecule has 15 heavy (non-hydrogen) atoms. The zero-order valence-corrected chi connectivity index (χ0v) is 9.53. The number of aryl methyl sites for hydroxylation is 1. The molecule has 84 valence electrons. The molecule has 0 spiro atoms. The standard InChI is InChI=1S/C10H18N4O/c1-13(2)7-4-5-12-10(15)9-11-6-8-14(9)3/h6,8H,4-5,7H2,1-3H3,(H,12,15). The van der Waals surface area contributed by atoms with Crippen molar-refractivity contribution < 1.29 is 4.79 Å². The van der Waals surface area contributed by atoms with Gasteiger partial charge in [0, 0.05) is 26.0 Å². The minimum Gasteiger partial charge on any atom is -0.349 e. The third-order valence-electron chi connectivity index (χ3n) is 2.09. The van der Waals surface area contributed by atoms with Crippen molar-refractivity contribution in [3.05, 3.63) is 18.2 Å². The highest BCUT2D eigenvalue weighted by Gasteiger charge is 2.08. The molecule has 1 aromatic rings. The van der Waals surface area contributed by atoms with Gasteiger partial charge in [-0.2, -0.15) is 0 Å². The summed E-state index contributed by atoms with van der Waals surface area (Å²) in [7, 11) is 5.84. The number of nitrogens with zero attached hydrogens (tertiary/aromatic N) is 3. The summed E-state index contributed by atoms with van der Waals surface area (Å²) in [6.45, 7) is 1.66. The van der Waals surface area contributed by atoms with Crippen LogP contribution in [0.4, 0.5) is 0 Å². The van der Waals surface area contributed by atoms with Crippen molar-refractivity contribution in [2.24, 2.45) is 7.05 Å². The Morgan fingerprint density at radius 3 is 2.87 bits per heavy atom. The Morgan fingerprint density at radius 1 is 1.60 bits per heavy atom. The van der Waals surface area contributed by atoms with E-state index in [1.165, 1.54) is 0 Å². The van der Waals surface area contributed by atoms with Gasteiger partial charge in [0.2, 0.25) is 0 Å². The molecule has 0 atom stereocenters. The van der Waals surface area contributed by atoms with Crippen LogP contribution in [0.1, 0.15) is 17.0 Å². The second-order valence-electron chi connectivity index (χ2n) is 3.77. The van der Waals surface area contributed by atoms with E-state index in [0.29, 0.717) is 12.4 Å². The molecule has 0 bridgehead atoms. The van der Waals surface area contributed by atoms with Gasteiger partial charge in [0.15, 0.2) is 5.82 Å². The van der Waals surface area contributed by atoms with Crippen LogP contribution in [0.15, 0.2) is 12.4 Å². The predicted octanol–water partition coefficient (Wildman–Crippen LogP) is 0.102. The normalized spacial score (nSPS) is 10.7. The van der Waals surface area contributed by atoms with Crippen LogP contribution in [0.25, 0.3) is 0 Å². The Labute approximate surface area is 90.1 Å². The Bertz CT molecular complexity index is 319. The molecule has 0 saturated carbocycles. The highest BCUT2D eigenvalue weighted by Crippen LogP contribution is 1.93. The molecule has 0 aromatic carbocycles. The lowest BCUT2D eigenvalue weighted by atomic mass is 10.4. The van der Waals surface area contributed by atoms with Gasteiger partial charge in [-0.3, -0.25) is 4.79 Å². The van der Waals surface area contributed by atoms with Crippen LogP contribution in [-0.2, 0) is 7.05 Å². The molecule has 1 N–H and O–H groups in total. The van der Waals surface area contributed by atoms with Gasteiger partial charge in [0.25, 0.3) is 5.91 Å². The number of carbonyl (C=O) groups is 1. The van der Waals surface area contributed by atoms with Gasteiger partial charge in [-0.05, 0) is 27.1 Å². The fourth-order valence-corrected chi connectivity index (χ4v) is 1.26. The number of hydrogen-bond donors (Lipinski definition) is 1. The smallest absolute Gasteiger partial charge is 0.287 e. The van der Waals surface area contributed by atoms with E-state index in [1.54, 1.807) is 17.0 Å². The van der Waals surface area contributed by atoms with Crippen LogP contribution in [0.3, 0.4) is 0 Å². The van der Waals surface area contributed by atoms with Gasteiger partial charge in [-0.25, -0.2) is 4.98 Å². The molecule has 0 aliphatic carbocycles. The zero-order valence-electron chi connectivity index (χ0n) is 9.53. The number of nitrogens with one attached hydrogen (secondary N) is 1. The number of imidazole rings is 1. The van der Waals surface area contributed by atoms with E-state index in [2.05, 4.69) is 15.2 Å². The Hall–Kier alpha value is -1.36. The Morgan fingerprint density at radius 2 is 2.33 bits per heavy atom. The summed E-state index contributed by atoms with van der Waals surface area (Å²) in [5.74, 6) is 0.348. The van der Waals surface area contributed by atoms with Gasteiger partial charge in [-0.15, -0.1) is 0 Å². The summed E-state index contributed by atoms with van der Waals surface area (Å²) < 4.78 is 1.71. The van der Waals surface area contributed by atoms with Crippen molar-refractivity contribution in [3.8, 4) is 0 Å². The van der Waals surface area contributed by atoms with Crippen LogP contribution in [-0.4, -0.2) is 47.5 Å².